The van der Waals surface area contributed by atoms with Crippen molar-refractivity contribution in [3.05, 3.63) is 394 Å². The maximum Gasteiger partial charge on any atom is 0.144 e. The summed E-state index contributed by atoms with van der Waals surface area (Å²) in [7, 11) is 0. The minimum Gasteiger partial charge on any atom is -0.456 e. The Hall–Kier alpha value is -12.5. The molecule has 3 aromatic heterocycles. The van der Waals surface area contributed by atoms with Gasteiger partial charge in [-0.05, 0) is 197 Å². The molecule has 0 N–H and O–H groups in total. The monoisotopic (exact) mass is 1300 g/mol. The van der Waals surface area contributed by atoms with Crippen LogP contribution in [0.15, 0.2) is 336 Å². The van der Waals surface area contributed by atoms with Gasteiger partial charge in [0.05, 0.1) is 21.9 Å². The van der Waals surface area contributed by atoms with Crippen molar-refractivity contribution < 1.29 is 8.83 Å². The summed E-state index contributed by atoms with van der Waals surface area (Å²) >= 11 is 0. The molecule has 4 aliphatic rings. The summed E-state index contributed by atoms with van der Waals surface area (Å²) in [6.45, 7) is 9.81. The first-order chi connectivity index (χ1) is 50.1. The predicted octanol–water partition coefficient (Wildman–Crippen LogP) is 25.4. The lowest BCUT2D eigenvalue weighted by molar-refractivity contribution is 0.600. The Morgan fingerprint density at radius 1 is 0.275 bits per heavy atom. The summed E-state index contributed by atoms with van der Waals surface area (Å²) in [5, 5.41) is 6.98. The molecule has 0 bridgehead atoms. The van der Waals surface area contributed by atoms with E-state index in [-0.39, 0.29) is 5.41 Å². The van der Waals surface area contributed by atoms with Gasteiger partial charge in [0, 0.05) is 71.5 Å². The van der Waals surface area contributed by atoms with Crippen LogP contribution in [0, 0.1) is 0 Å². The molecule has 0 spiro atoms. The SMILES string of the molecule is CC1(C)c2ccccc2-c2c1c1c(c3c2oc2ccccc23)-c2ccc(N(c3ccc4c(c3)C(c3ccccc3)(c3ccccc3)c3cc5c(cc3-4)C(c3ccccc3)(c3ccccc3)c3ccc4oc6ccccc6c4c3-5)c3ccc4c(c3)c3ccccc3n4-c3ccccc3)cc2C1(C)C. The summed E-state index contributed by atoms with van der Waals surface area (Å²) in [4.78, 5) is 2.57. The van der Waals surface area contributed by atoms with Gasteiger partial charge < -0.3 is 18.3 Å². The van der Waals surface area contributed by atoms with Gasteiger partial charge in [-0.2, -0.15) is 0 Å². The van der Waals surface area contributed by atoms with E-state index in [2.05, 4.69) is 365 Å². The number of para-hydroxylation sites is 4. The van der Waals surface area contributed by atoms with Gasteiger partial charge in [0.1, 0.15) is 22.3 Å². The number of furan rings is 2. The zero-order valence-corrected chi connectivity index (χ0v) is 56.9. The van der Waals surface area contributed by atoms with E-state index in [1.807, 2.05) is 0 Å². The first kappa shape index (κ1) is 57.4. The van der Waals surface area contributed by atoms with E-state index >= 15 is 0 Å². The summed E-state index contributed by atoms with van der Waals surface area (Å²) in [6, 6.07) is 123. The van der Waals surface area contributed by atoms with E-state index < -0.39 is 16.2 Å². The maximum absolute atomic E-state index is 7.17. The van der Waals surface area contributed by atoms with Crippen molar-refractivity contribution in [3.8, 4) is 50.2 Å². The zero-order valence-electron chi connectivity index (χ0n) is 56.9. The highest BCUT2D eigenvalue weighted by atomic mass is 16.3. The zero-order chi connectivity index (χ0) is 67.5. The van der Waals surface area contributed by atoms with E-state index in [0.717, 1.165) is 66.8 Å². The molecule has 102 heavy (non-hydrogen) atoms. The first-order valence-electron chi connectivity index (χ1n) is 35.8. The number of fused-ring (bicyclic) bond motifs is 25. The minimum atomic E-state index is -0.806. The molecule has 3 heterocycles. The number of hydrogen-bond donors (Lipinski definition) is 0. The quantitative estimate of drug-likeness (QED) is 0.152. The Balaban J connectivity index is 0.834. The largest absolute Gasteiger partial charge is 0.456 e. The molecule has 0 saturated heterocycles. The van der Waals surface area contributed by atoms with Crippen LogP contribution in [0.25, 0.3) is 116 Å². The van der Waals surface area contributed by atoms with Crippen LogP contribution in [-0.2, 0) is 21.7 Å². The smallest absolute Gasteiger partial charge is 0.144 e. The number of benzene rings is 15. The maximum atomic E-state index is 7.17. The normalized spacial score (nSPS) is 15.0. The fraction of sp³-hybridized carbons (Fsp3) is 0.0816. The van der Waals surface area contributed by atoms with E-state index in [0.29, 0.717) is 0 Å². The fourth-order valence-corrected chi connectivity index (χ4v) is 20.0. The summed E-state index contributed by atoms with van der Waals surface area (Å²) in [5.41, 5.74) is 33.1. The Bertz CT molecular complexity index is 6530. The lowest BCUT2D eigenvalue weighted by atomic mass is 9.66. The Labute approximate surface area is 591 Å². The van der Waals surface area contributed by atoms with Crippen LogP contribution < -0.4 is 4.90 Å². The van der Waals surface area contributed by atoms with Crippen LogP contribution in [-0.4, -0.2) is 4.57 Å². The number of aromatic nitrogens is 1. The third-order valence-electron chi connectivity index (χ3n) is 24.0. The average molecular weight is 1300 g/mol. The van der Waals surface area contributed by atoms with Crippen molar-refractivity contribution in [2.75, 3.05) is 4.90 Å². The van der Waals surface area contributed by atoms with Crippen LogP contribution in [0.3, 0.4) is 0 Å². The van der Waals surface area contributed by atoms with Crippen molar-refractivity contribution in [1.29, 1.82) is 0 Å². The first-order valence-corrected chi connectivity index (χ1v) is 35.8. The standard InChI is InChI=1S/C98H66N2O2/c1-95(2)76-42-24-20-39-69(76)91-93(95)92-89(90-72-41-23-27-45-85(72)102-94(90)91)70-50-47-65(55-78(70)96(92,3)4)99(64-48-52-83-74(54-64)68-38-21-25-43-82(68)100(83)63-36-18-9-19-37-63)66-46-49-67-73-57-81-75(58-80(73)98(79(67)56-66,61-32-14-7-15-33-61)62-34-16-8-17-35-62)87-77(51-53-86-88(87)71-40-22-26-44-84(71)101-86)97(81,59-28-10-5-11-29-59)60-30-12-6-13-31-60/h5-58H,1-4H3. The second kappa shape index (κ2) is 20.6. The molecule has 0 amide bonds. The molecule has 4 aliphatic carbocycles. The molecule has 18 aromatic rings. The minimum absolute atomic E-state index is 0.300. The molecule has 0 saturated carbocycles. The molecule has 480 valence electrons. The number of nitrogens with zero attached hydrogens (tertiary/aromatic N) is 2. The van der Waals surface area contributed by atoms with Crippen molar-refractivity contribution in [1.82, 2.24) is 4.57 Å². The highest BCUT2D eigenvalue weighted by molar-refractivity contribution is 6.21. The number of hydrogen-bond acceptors (Lipinski definition) is 3. The third-order valence-corrected chi connectivity index (χ3v) is 24.0. The number of rotatable bonds is 8. The molecule has 0 radical (unpaired) electrons. The predicted molar refractivity (Wildman–Crippen MR) is 420 cm³/mol. The second-order valence-corrected chi connectivity index (χ2v) is 29.6. The van der Waals surface area contributed by atoms with Gasteiger partial charge in [-0.25, -0.2) is 0 Å². The van der Waals surface area contributed by atoms with Crippen LogP contribution in [0.5, 0.6) is 0 Å². The summed E-state index contributed by atoms with van der Waals surface area (Å²) in [6.07, 6.45) is 0. The molecule has 4 heteroatoms. The van der Waals surface area contributed by atoms with Crippen LogP contribution in [0.4, 0.5) is 17.1 Å². The van der Waals surface area contributed by atoms with Gasteiger partial charge in [-0.3, -0.25) is 0 Å². The van der Waals surface area contributed by atoms with Crippen molar-refractivity contribution in [2.45, 2.75) is 49.4 Å². The van der Waals surface area contributed by atoms with E-state index in [1.165, 1.54) is 133 Å². The van der Waals surface area contributed by atoms with E-state index in [9.17, 15) is 0 Å². The Morgan fingerprint density at radius 3 is 1.40 bits per heavy atom. The molecule has 22 rings (SSSR count). The average Bonchev–Trinajstić information content (AvgIpc) is 1.51. The molecular formula is C98H66N2O2. The Morgan fingerprint density at radius 2 is 0.735 bits per heavy atom. The van der Waals surface area contributed by atoms with Gasteiger partial charge in [-0.1, -0.05) is 264 Å². The van der Waals surface area contributed by atoms with Gasteiger partial charge in [0.25, 0.3) is 0 Å². The van der Waals surface area contributed by atoms with E-state index in [4.69, 9.17) is 8.83 Å². The van der Waals surface area contributed by atoms with Gasteiger partial charge in [0.15, 0.2) is 0 Å². The van der Waals surface area contributed by atoms with Crippen LogP contribution >= 0.6 is 0 Å². The summed E-state index contributed by atoms with van der Waals surface area (Å²) < 4.78 is 16.5. The summed E-state index contributed by atoms with van der Waals surface area (Å²) in [5.74, 6) is 0. The highest BCUT2D eigenvalue weighted by Gasteiger charge is 2.54. The van der Waals surface area contributed by atoms with Gasteiger partial charge in [0.2, 0.25) is 0 Å². The lowest BCUT2D eigenvalue weighted by Crippen LogP contribution is -2.30. The van der Waals surface area contributed by atoms with E-state index in [1.54, 1.807) is 0 Å². The molecule has 0 fully saturated rings. The Kier molecular flexibility index (Phi) is 11.6. The van der Waals surface area contributed by atoms with Gasteiger partial charge in [-0.15, -0.1) is 0 Å². The fourth-order valence-electron chi connectivity index (χ4n) is 20.0. The molecule has 0 unspecified atom stereocenters. The van der Waals surface area contributed by atoms with Crippen LogP contribution in [0.1, 0.15) is 94.5 Å². The molecule has 4 nitrogen and oxygen atoms in total. The second-order valence-electron chi connectivity index (χ2n) is 29.6. The topological polar surface area (TPSA) is 34.5 Å². The molecule has 15 aromatic carbocycles. The lowest BCUT2D eigenvalue weighted by Gasteiger charge is -2.36. The molecule has 0 aliphatic heterocycles. The van der Waals surface area contributed by atoms with Crippen molar-refractivity contribution >= 4 is 82.7 Å². The van der Waals surface area contributed by atoms with Crippen molar-refractivity contribution in [3.63, 3.8) is 0 Å². The van der Waals surface area contributed by atoms with Crippen molar-refractivity contribution in [2.24, 2.45) is 0 Å². The number of anilines is 3. The highest BCUT2D eigenvalue weighted by Crippen LogP contribution is 2.67. The molecular weight excluding hydrogens is 1240 g/mol. The van der Waals surface area contributed by atoms with Gasteiger partial charge >= 0.3 is 0 Å². The van der Waals surface area contributed by atoms with Crippen LogP contribution in [0.2, 0.25) is 0 Å². The third kappa shape index (κ3) is 7.30. The molecule has 0 atom stereocenters.